The van der Waals surface area contributed by atoms with Crippen LogP contribution >= 0.6 is 0 Å². The van der Waals surface area contributed by atoms with E-state index < -0.39 is 36.8 Å². The molecule has 0 radical (unpaired) electrons. The van der Waals surface area contributed by atoms with Gasteiger partial charge >= 0.3 is 0 Å². The molecular weight excluding hydrogens is 352 g/mol. The van der Waals surface area contributed by atoms with Gasteiger partial charge in [-0.1, -0.05) is 36.4 Å². The van der Waals surface area contributed by atoms with Crippen LogP contribution in [-0.4, -0.2) is 58.2 Å². The molecule has 4 rings (SSSR count). The Bertz CT molecular complexity index is 794. The molecule has 2 aromatic carbocycles. The summed E-state index contributed by atoms with van der Waals surface area (Å²) in [5.74, 6) is -1.27. The predicted molar refractivity (Wildman–Crippen MR) is 93.9 cm³/mol. The van der Waals surface area contributed by atoms with E-state index in [1.165, 1.54) is 0 Å². The average Bonchev–Trinajstić information content (AvgIpc) is 2.70. The second-order valence-corrected chi connectivity index (χ2v) is 6.83. The molecule has 27 heavy (non-hydrogen) atoms. The Morgan fingerprint density at radius 3 is 2.48 bits per heavy atom. The first-order valence-corrected chi connectivity index (χ1v) is 8.82. The summed E-state index contributed by atoms with van der Waals surface area (Å²) in [6, 6.07) is 15.4. The van der Waals surface area contributed by atoms with Gasteiger partial charge in [0.05, 0.1) is 12.2 Å². The van der Waals surface area contributed by atoms with Crippen LogP contribution in [0.4, 0.5) is 0 Å². The number of rotatable bonds is 3. The van der Waals surface area contributed by atoms with Crippen LogP contribution in [0, 0.1) is 0 Å². The molecule has 4 N–H and O–H groups in total. The molecule has 2 aliphatic rings. The highest BCUT2D eigenvalue weighted by atomic mass is 16.8. The maximum absolute atomic E-state index is 10.7. The largest absolute Gasteiger partial charge is 0.467 e. The van der Waals surface area contributed by atoms with Gasteiger partial charge in [-0.2, -0.15) is 0 Å². The average molecular weight is 374 g/mol. The summed E-state index contributed by atoms with van der Waals surface area (Å²) in [6.45, 7) is -0.723. The fraction of sp³-hybridized carbons (Fsp3) is 0.400. The molecule has 0 aromatic heterocycles. The van der Waals surface area contributed by atoms with Crippen molar-refractivity contribution in [2.24, 2.45) is 0 Å². The van der Waals surface area contributed by atoms with Crippen LogP contribution in [0.2, 0.25) is 0 Å². The molecule has 0 amide bonds. The van der Waals surface area contributed by atoms with Gasteiger partial charge in [0.15, 0.2) is 6.79 Å². The highest BCUT2D eigenvalue weighted by molar-refractivity contribution is 5.44. The minimum absolute atomic E-state index is 0.191. The van der Waals surface area contributed by atoms with Gasteiger partial charge in [0.1, 0.15) is 30.2 Å². The number of aliphatic hydroxyl groups excluding tert-OH is 4. The van der Waals surface area contributed by atoms with Crippen molar-refractivity contribution in [3.8, 4) is 5.75 Å². The van der Waals surface area contributed by atoms with Crippen LogP contribution < -0.4 is 4.74 Å². The first-order valence-electron chi connectivity index (χ1n) is 8.82. The van der Waals surface area contributed by atoms with E-state index in [9.17, 15) is 20.4 Å². The smallest absolute Gasteiger partial charge is 0.231 e. The van der Waals surface area contributed by atoms with Crippen LogP contribution in [-0.2, 0) is 21.7 Å². The summed E-state index contributed by atoms with van der Waals surface area (Å²) in [4.78, 5) is 0. The van der Waals surface area contributed by atoms with E-state index in [0.29, 0.717) is 17.7 Å². The van der Waals surface area contributed by atoms with Crippen LogP contribution in [0.5, 0.6) is 5.75 Å². The molecule has 7 heteroatoms. The lowest BCUT2D eigenvalue weighted by atomic mass is 9.86. The third-order valence-electron chi connectivity index (χ3n) is 5.11. The molecular formula is C20H22O7. The quantitative estimate of drug-likeness (QED) is 0.611. The third-order valence-corrected chi connectivity index (χ3v) is 5.11. The number of ether oxygens (including phenoxy) is 3. The molecule has 1 saturated heterocycles. The molecule has 2 heterocycles. The molecule has 2 aromatic rings. The van der Waals surface area contributed by atoms with Gasteiger partial charge in [-0.25, -0.2) is 0 Å². The standard InChI is InChI=1S/C20H22O7/c21-10-16-17(22)18(23)19(24)20(27-16)14-9-13(6-7-15(14)25-11-26-20)8-12-4-2-1-3-5-12/h1-7,9,16-19,21-24H,8,10-11H2/t16-,17-,18+,19-,20+/m1/s1. The zero-order valence-corrected chi connectivity index (χ0v) is 14.6. The van der Waals surface area contributed by atoms with Crippen molar-refractivity contribution in [2.75, 3.05) is 13.4 Å². The molecule has 0 unspecified atom stereocenters. The topological polar surface area (TPSA) is 109 Å². The zero-order valence-electron chi connectivity index (χ0n) is 14.6. The van der Waals surface area contributed by atoms with Gasteiger partial charge in [-0.05, 0) is 29.7 Å². The number of aliphatic hydroxyl groups is 4. The number of benzene rings is 2. The van der Waals surface area contributed by atoms with Crippen LogP contribution in [0.25, 0.3) is 0 Å². The van der Waals surface area contributed by atoms with Crippen LogP contribution in [0.3, 0.4) is 0 Å². The van der Waals surface area contributed by atoms with E-state index >= 15 is 0 Å². The number of fused-ring (bicyclic) bond motifs is 2. The summed E-state index contributed by atoms with van der Waals surface area (Å²) in [5, 5.41) is 40.5. The maximum atomic E-state index is 10.7. The van der Waals surface area contributed by atoms with E-state index in [4.69, 9.17) is 14.2 Å². The van der Waals surface area contributed by atoms with Gasteiger partial charge in [0, 0.05) is 0 Å². The summed E-state index contributed by atoms with van der Waals surface area (Å²) < 4.78 is 16.9. The van der Waals surface area contributed by atoms with E-state index in [1.54, 1.807) is 12.1 Å². The Hall–Kier alpha value is -2.00. The zero-order chi connectivity index (χ0) is 19.0. The molecule has 1 fully saturated rings. The van der Waals surface area contributed by atoms with Crippen molar-refractivity contribution in [2.45, 2.75) is 36.6 Å². The van der Waals surface area contributed by atoms with E-state index in [1.807, 2.05) is 36.4 Å². The lowest BCUT2D eigenvalue weighted by Gasteiger charge is -2.49. The number of hydrogen-bond acceptors (Lipinski definition) is 7. The lowest BCUT2D eigenvalue weighted by Crippen LogP contribution is -2.65. The van der Waals surface area contributed by atoms with Gasteiger partial charge in [-0.3, -0.25) is 0 Å². The Kier molecular flexibility index (Phi) is 4.90. The van der Waals surface area contributed by atoms with E-state index in [-0.39, 0.29) is 6.79 Å². The van der Waals surface area contributed by atoms with Gasteiger partial charge < -0.3 is 34.6 Å². The summed E-state index contributed by atoms with van der Waals surface area (Å²) in [5.41, 5.74) is 2.46. The van der Waals surface area contributed by atoms with Crippen molar-refractivity contribution in [1.82, 2.24) is 0 Å². The minimum atomic E-state index is -1.73. The first kappa shape index (κ1) is 18.4. The molecule has 0 aliphatic carbocycles. The Morgan fingerprint density at radius 2 is 1.74 bits per heavy atom. The van der Waals surface area contributed by atoms with E-state index in [0.717, 1.165) is 11.1 Å². The minimum Gasteiger partial charge on any atom is -0.467 e. The van der Waals surface area contributed by atoms with Crippen molar-refractivity contribution < 1.29 is 34.6 Å². The summed E-state index contributed by atoms with van der Waals surface area (Å²) in [6.07, 6.45) is -4.98. The van der Waals surface area contributed by atoms with Crippen molar-refractivity contribution in [1.29, 1.82) is 0 Å². The second-order valence-electron chi connectivity index (χ2n) is 6.83. The molecule has 144 valence electrons. The van der Waals surface area contributed by atoms with Crippen molar-refractivity contribution in [3.05, 3.63) is 65.2 Å². The third kappa shape index (κ3) is 3.12. The normalized spacial score (nSPS) is 32.7. The molecule has 0 saturated carbocycles. The lowest BCUT2D eigenvalue weighted by molar-refractivity contribution is -0.389. The first-order chi connectivity index (χ1) is 13.0. The van der Waals surface area contributed by atoms with Crippen LogP contribution in [0.15, 0.2) is 48.5 Å². The number of hydrogen-bond donors (Lipinski definition) is 4. The molecule has 5 atom stereocenters. The van der Waals surface area contributed by atoms with E-state index in [2.05, 4.69) is 0 Å². The molecule has 2 aliphatic heterocycles. The highest BCUT2D eigenvalue weighted by Gasteiger charge is 2.57. The van der Waals surface area contributed by atoms with Gasteiger partial charge in [-0.15, -0.1) is 0 Å². The maximum Gasteiger partial charge on any atom is 0.231 e. The molecule has 1 spiro atoms. The second kappa shape index (κ2) is 7.20. The summed E-state index contributed by atoms with van der Waals surface area (Å²) >= 11 is 0. The Labute approximate surface area is 156 Å². The van der Waals surface area contributed by atoms with Gasteiger partial charge in [0.2, 0.25) is 5.79 Å². The predicted octanol–water partition coefficient (Wildman–Crippen LogP) is 0.271. The van der Waals surface area contributed by atoms with Crippen molar-refractivity contribution in [3.63, 3.8) is 0 Å². The molecule has 7 nitrogen and oxygen atoms in total. The summed E-state index contributed by atoms with van der Waals surface area (Å²) in [7, 11) is 0. The van der Waals surface area contributed by atoms with Gasteiger partial charge in [0.25, 0.3) is 0 Å². The molecule has 0 bridgehead atoms. The Morgan fingerprint density at radius 1 is 0.963 bits per heavy atom. The van der Waals surface area contributed by atoms with Crippen LogP contribution in [0.1, 0.15) is 16.7 Å². The monoisotopic (exact) mass is 374 g/mol. The fourth-order valence-electron chi connectivity index (χ4n) is 3.66. The fourth-order valence-corrected chi connectivity index (χ4v) is 3.66. The Balaban J connectivity index is 1.74. The highest BCUT2D eigenvalue weighted by Crippen LogP contribution is 2.46. The van der Waals surface area contributed by atoms with Crippen molar-refractivity contribution >= 4 is 0 Å². The SMILES string of the molecule is OC[C@H]1O[C@]2(OCOc3ccc(Cc4ccccc4)cc32)[C@H](O)[C@@H](O)[C@@H]1O.